The van der Waals surface area contributed by atoms with Crippen molar-refractivity contribution in [3.63, 3.8) is 0 Å². The number of hydrogen-bond acceptors (Lipinski definition) is 5. The van der Waals surface area contributed by atoms with Crippen LogP contribution < -0.4 is 4.74 Å². The number of rotatable bonds is 8. The molecule has 0 radical (unpaired) electrons. The fraction of sp³-hybridized carbons (Fsp3) is 0.767. The van der Waals surface area contributed by atoms with Gasteiger partial charge in [-0.3, -0.25) is 4.79 Å². The van der Waals surface area contributed by atoms with Gasteiger partial charge in [-0.05, 0) is 105 Å². The van der Waals surface area contributed by atoms with Crippen LogP contribution in [-0.4, -0.2) is 36.7 Å². The van der Waals surface area contributed by atoms with Crippen molar-refractivity contribution in [3.05, 3.63) is 29.3 Å². The Labute approximate surface area is 210 Å². The summed E-state index contributed by atoms with van der Waals surface area (Å²) in [6, 6.07) is 6.81. The van der Waals surface area contributed by atoms with Crippen LogP contribution in [0, 0.1) is 23.2 Å². The fourth-order valence-electron chi connectivity index (χ4n) is 8.12. The lowest BCUT2D eigenvalue weighted by Crippen LogP contribution is -2.48. The maximum absolute atomic E-state index is 11.8. The topological polar surface area (TPSA) is 65.0 Å². The Morgan fingerprint density at radius 1 is 1.14 bits per heavy atom. The van der Waals surface area contributed by atoms with E-state index in [4.69, 9.17) is 14.2 Å². The SMILES string of the molecule is CC(=O)O[C@H]1CC[C@H]2[C@@H]3[C@H](CCCCCO)Cc4cc(OC5CCCCO5)ccc4[C@H]3CC[C@]12C. The van der Waals surface area contributed by atoms with Crippen LogP contribution in [0.3, 0.4) is 0 Å². The summed E-state index contributed by atoms with van der Waals surface area (Å²) in [4.78, 5) is 11.8. The fourth-order valence-corrected chi connectivity index (χ4v) is 8.12. The molecule has 1 aromatic carbocycles. The summed E-state index contributed by atoms with van der Waals surface area (Å²) in [7, 11) is 0. The summed E-state index contributed by atoms with van der Waals surface area (Å²) in [6.07, 6.45) is 13.2. The minimum absolute atomic E-state index is 0.0636. The largest absolute Gasteiger partial charge is 0.465 e. The van der Waals surface area contributed by atoms with E-state index in [9.17, 15) is 9.90 Å². The number of esters is 1. The average molecular weight is 485 g/mol. The van der Waals surface area contributed by atoms with Crippen LogP contribution in [-0.2, 0) is 20.7 Å². The van der Waals surface area contributed by atoms with E-state index in [0.29, 0.717) is 23.7 Å². The lowest BCUT2D eigenvalue weighted by molar-refractivity contribution is -0.155. The minimum Gasteiger partial charge on any atom is -0.465 e. The first-order valence-electron chi connectivity index (χ1n) is 14.2. The number of aliphatic hydroxyl groups is 1. The highest BCUT2D eigenvalue weighted by molar-refractivity contribution is 5.66. The van der Waals surface area contributed by atoms with Gasteiger partial charge in [0.1, 0.15) is 11.9 Å². The highest BCUT2D eigenvalue weighted by Gasteiger charge is 2.58. The first-order valence-corrected chi connectivity index (χ1v) is 14.2. The van der Waals surface area contributed by atoms with Gasteiger partial charge in [0.05, 0.1) is 6.61 Å². The molecule has 2 saturated carbocycles. The van der Waals surface area contributed by atoms with Crippen LogP contribution in [0.4, 0.5) is 0 Å². The quantitative estimate of drug-likeness (QED) is 0.354. The van der Waals surface area contributed by atoms with Gasteiger partial charge in [-0.2, -0.15) is 0 Å². The number of carbonyl (C=O) groups excluding carboxylic acids is 1. The first-order chi connectivity index (χ1) is 17.0. The maximum atomic E-state index is 11.8. The highest BCUT2D eigenvalue weighted by atomic mass is 16.7. The lowest BCUT2D eigenvalue weighted by atomic mass is 9.52. The number of ether oxygens (including phenoxy) is 3. The van der Waals surface area contributed by atoms with Crippen molar-refractivity contribution in [2.45, 2.75) is 109 Å². The average Bonchev–Trinajstić information content (AvgIpc) is 3.17. The van der Waals surface area contributed by atoms with Gasteiger partial charge in [0.2, 0.25) is 0 Å². The Morgan fingerprint density at radius 3 is 2.80 bits per heavy atom. The predicted molar refractivity (Wildman–Crippen MR) is 135 cm³/mol. The molecule has 1 heterocycles. The van der Waals surface area contributed by atoms with Crippen molar-refractivity contribution in [1.29, 1.82) is 0 Å². The van der Waals surface area contributed by atoms with E-state index in [2.05, 4.69) is 25.1 Å². The van der Waals surface area contributed by atoms with Crippen LogP contribution in [0.5, 0.6) is 5.75 Å². The molecule has 1 N–H and O–H groups in total. The molecule has 0 bridgehead atoms. The van der Waals surface area contributed by atoms with Crippen molar-refractivity contribution in [1.82, 2.24) is 0 Å². The Balaban J connectivity index is 1.39. The molecule has 5 nitrogen and oxygen atoms in total. The normalized spacial score (nSPS) is 36.1. The number of fused-ring (bicyclic) bond motifs is 5. The van der Waals surface area contributed by atoms with Gasteiger partial charge in [0.15, 0.2) is 6.29 Å². The number of hydrogen-bond donors (Lipinski definition) is 1. The van der Waals surface area contributed by atoms with Gasteiger partial charge < -0.3 is 19.3 Å². The van der Waals surface area contributed by atoms with Gasteiger partial charge >= 0.3 is 5.97 Å². The van der Waals surface area contributed by atoms with Gasteiger partial charge in [-0.25, -0.2) is 0 Å². The molecule has 1 aromatic rings. The molecule has 7 atom stereocenters. The monoisotopic (exact) mass is 484 g/mol. The Hall–Kier alpha value is -1.59. The smallest absolute Gasteiger partial charge is 0.302 e. The van der Waals surface area contributed by atoms with E-state index in [0.717, 1.165) is 63.7 Å². The van der Waals surface area contributed by atoms with E-state index in [-0.39, 0.29) is 30.4 Å². The van der Waals surface area contributed by atoms with Crippen LogP contribution in [0.25, 0.3) is 0 Å². The van der Waals surface area contributed by atoms with Crippen LogP contribution in [0.2, 0.25) is 0 Å². The van der Waals surface area contributed by atoms with Crippen LogP contribution >= 0.6 is 0 Å². The van der Waals surface area contributed by atoms with E-state index < -0.39 is 0 Å². The number of unbranched alkanes of at least 4 members (excludes halogenated alkanes) is 2. The van der Waals surface area contributed by atoms with Crippen LogP contribution in [0.1, 0.15) is 102 Å². The van der Waals surface area contributed by atoms with E-state index >= 15 is 0 Å². The molecule has 0 aromatic heterocycles. The van der Waals surface area contributed by atoms with Gasteiger partial charge in [0.25, 0.3) is 0 Å². The molecular weight excluding hydrogens is 440 g/mol. The van der Waals surface area contributed by atoms with Crippen molar-refractivity contribution >= 4 is 5.97 Å². The second-order valence-electron chi connectivity index (χ2n) is 11.8. The summed E-state index contributed by atoms with van der Waals surface area (Å²) < 4.78 is 17.9. The Kier molecular flexibility index (Phi) is 7.74. The van der Waals surface area contributed by atoms with Gasteiger partial charge in [-0.15, -0.1) is 0 Å². The molecule has 1 unspecified atom stereocenters. The second kappa shape index (κ2) is 10.8. The van der Waals surface area contributed by atoms with Crippen molar-refractivity contribution < 1.29 is 24.1 Å². The molecule has 5 heteroatoms. The Bertz CT molecular complexity index is 877. The van der Waals surface area contributed by atoms with Crippen molar-refractivity contribution in [2.24, 2.45) is 23.2 Å². The van der Waals surface area contributed by atoms with Crippen molar-refractivity contribution in [3.8, 4) is 5.75 Å². The summed E-state index contributed by atoms with van der Waals surface area (Å²) in [5.41, 5.74) is 3.08. The zero-order chi connectivity index (χ0) is 24.4. The van der Waals surface area contributed by atoms with Crippen LogP contribution in [0.15, 0.2) is 18.2 Å². The third-order valence-electron chi connectivity index (χ3n) is 9.73. The van der Waals surface area contributed by atoms with Gasteiger partial charge in [0, 0.05) is 25.4 Å². The molecule has 3 fully saturated rings. The maximum Gasteiger partial charge on any atom is 0.302 e. The third-order valence-corrected chi connectivity index (χ3v) is 9.73. The molecule has 4 aliphatic rings. The Morgan fingerprint density at radius 2 is 2.03 bits per heavy atom. The second-order valence-corrected chi connectivity index (χ2v) is 11.8. The zero-order valence-electron chi connectivity index (χ0n) is 21.7. The standard InChI is InChI=1S/C30H44O5/c1-20(32)34-27-13-12-26-29-21(8-4-3-6-16-31)18-22-19-23(35-28-9-5-7-17-33-28)10-11-24(22)25(29)14-15-30(26,27)2/h10-11,19,21,25-29,31H,3-9,12-18H2,1-2H3/t21-,25-,26+,27+,28?,29-,30+/m1/s1. The van der Waals surface area contributed by atoms with E-state index in [1.807, 2.05) is 0 Å². The lowest BCUT2D eigenvalue weighted by Gasteiger charge is -2.53. The first kappa shape index (κ1) is 25.1. The summed E-state index contributed by atoms with van der Waals surface area (Å²) in [5, 5.41) is 9.28. The third kappa shape index (κ3) is 5.13. The molecule has 1 saturated heterocycles. The highest BCUT2D eigenvalue weighted by Crippen LogP contribution is 2.63. The zero-order valence-corrected chi connectivity index (χ0v) is 21.7. The minimum atomic E-state index is -0.136. The number of benzene rings is 1. The van der Waals surface area contributed by atoms with Crippen molar-refractivity contribution in [2.75, 3.05) is 13.2 Å². The molecule has 3 aliphatic carbocycles. The molecule has 194 valence electrons. The molecular formula is C30H44O5. The summed E-state index contributed by atoms with van der Waals surface area (Å²) in [5.74, 6) is 3.27. The van der Waals surface area contributed by atoms with Gasteiger partial charge in [-0.1, -0.05) is 25.8 Å². The van der Waals surface area contributed by atoms with E-state index in [1.165, 1.54) is 36.8 Å². The molecule has 0 spiro atoms. The summed E-state index contributed by atoms with van der Waals surface area (Å²) >= 11 is 0. The molecule has 0 amide bonds. The van der Waals surface area contributed by atoms with E-state index in [1.54, 1.807) is 6.92 Å². The number of aliphatic hydroxyl groups excluding tert-OH is 1. The predicted octanol–water partition coefficient (Wildman–Crippen LogP) is 6.16. The number of carbonyl (C=O) groups is 1. The molecule has 35 heavy (non-hydrogen) atoms. The summed E-state index contributed by atoms with van der Waals surface area (Å²) in [6.45, 7) is 5.03. The molecule has 5 rings (SSSR count). The molecule has 1 aliphatic heterocycles.